The molecule has 0 aromatic carbocycles. The van der Waals surface area contributed by atoms with Crippen molar-refractivity contribution in [2.75, 3.05) is 78.8 Å². The van der Waals surface area contributed by atoms with Crippen LogP contribution in [0.15, 0.2) is 0 Å². The molecule has 0 aromatic heterocycles. The maximum Gasteiger partial charge on any atom is 0.305 e. The smallest absolute Gasteiger partial charge is 0.305 e. The lowest BCUT2D eigenvalue weighted by atomic mass is 10.4. The fourth-order valence-electron chi connectivity index (χ4n) is 3.11. The molecule has 5 aliphatic rings. The number of carbonyl (C=O) groups excluding carboxylic acids is 4. The van der Waals surface area contributed by atoms with E-state index in [1.54, 1.807) is 0 Å². The van der Waals surface area contributed by atoms with Crippen molar-refractivity contribution in [2.45, 2.75) is 51.4 Å². The minimum atomic E-state index is -0.0463. The van der Waals surface area contributed by atoms with Gasteiger partial charge in [0.15, 0.2) is 0 Å². The highest BCUT2D eigenvalue weighted by Crippen LogP contribution is 2.02. The Balaban J connectivity index is 0.000000234. The summed E-state index contributed by atoms with van der Waals surface area (Å²) in [5.74, 6) is -0.185. The Hall–Kier alpha value is -2.28. The van der Waals surface area contributed by atoms with Gasteiger partial charge in [0.25, 0.3) is 0 Å². The fourth-order valence-corrected chi connectivity index (χ4v) is 3.11. The molecule has 5 aliphatic heterocycles. The number of ether oxygens (including phenoxy) is 4. The molecule has 5 heterocycles. The number of rotatable bonds is 0. The summed E-state index contributed by atoms with van der Waals surface area (Å²) >= 11 is 0. The van der Waals surface area contributed by atoms with Gasteiger partial charge in [0, 0.05) is 78.0 Å². The van der Waals surface area contributed by atoms with E-state index in [0.717, 1.165) is 78.0 Å². The van der Waals surface area contributed by atoms with Crippen molar-refractivity contribution in [3.05, 3.63) is 0 Å². The summed E-state index contributed by atoms with van der Waals surface area (Å²) in [6, 6.07) is 0. The third-order valence-corrected chi connectivity index (χ3v) is 5.07. The van der Waals surface area contributed by atoms with Crippen molar-refractivity contribution in [2.24, 2.45) is 0 Å². The maximum atomic E-state index is 10.0. The van der Waals surface area contributed by atoms with Gasteiger partial charge in [0.2, 0.25) is 0 Å². The lowest BCUT2D eigenvalue weighted by Gasteiger charge is -2.11. The van der Waals surface area contributed by atoms with Crippen LogP contribution in [0.2, 0.25) is 0 Å². The number of hydrogen-bond acceptors (Lipinski definition) is 12. The molecule has 0 amide bonds. The third kappa shape index (κ3) is 21.0. The van der Waals surface area contributed by atoms with E-state index >= 15 is 0 Å². The molecule has 0 aliphatic carbocycles. The molecule has 0 bridgehead atoms. The summed E-state index contributed by atoms with van der Waals surface area (Å²) in [4.78, 5) is 40.1. The number of esters is 4. The first-order valence-corrected chi connectivity index (χ1v) is 13.0. The van der Waals surface area contributed by atoms with Gasteiger partial charge in [0.1, 0.15) is 0 Å². The molecule has 208 valence electrons. The quantitative estimate of drug-likeness (QED) is 0.246. The van der Waals surface area contributed by atoms with Crippen LogP contribution in [0.5, 0.6) is 0 Å². The minimum Gasteiger partial charge on any atom is -0.466 e. The average Bonchev–Trinajstić information content (AvgIpc) is 3.68. The van der Waals surface area contributed by atoms with Crippen LogP contribution in [0.1, 0.15) is 51.4 Å². The SMILES string of the molecule is C1CNCCNCCNCCN1.O=C1CCCO1.O=C1CCCO1.O=C1CCCO1.O=C1CCCO1. The lowest BCUT2D eigenvalue weighted by Crippen LogP contribution is -2.39. The van der Waals surface area contributed by atoms with E-state index < -0.39 is 0 Å². The van der Waals surface area contributed by atoms with Crippen LogP contribution >= 0.6 is 0 Å². The van der Waals surface area contributed by atoms with E-state index in [1.165, 1.54) is 0 Å². The summed E-state index contributed by atoms with van der Waals surface area (Å²) in [5, 5.41) is 13.4. The number of hydrogen-bond donors (Lipinski definition) is 4. The summed E-state index contributed by atoms with van der Waals surface area (Å²) in [6.45, 7) is 11.1. The lowest BCUT2D eigenvalue weighted by molar-refractivity contribution is -0.138. The summed E-state index contributed by atoms with van der Waals surface area (Å²) in [7, 11) is 0. The molecular weight excluding hydrogens is 472 g/mol. The van der Waals surface area contributed by atoms with Gasteiger partial charge < -0.3 is 40.2 Å². The van der Waals surface area contributed by atoms with Gasteiger partial charge >= 0.3 is 23.9 Å². The van der Waals surface area contributed by atoms with Gasteiger partial charge in [-0.2, -0.15) is 0 Å². The van der Waals surface area contributed by atoms with E-state index in [9.17, 15) is 19.2 Å². The largest absolute Gasteiger partial charge is 0.466 e. The molecule has 5 rings (SSSR count). The number of nitrogens with one attached hydrogen (secondary N) is 4. The highest BCUT2D eigenvalue weighted by molar-refractivity contribution is 5.71. The van der Waals surface area contributed by atoms with Crippen LogP contribution in [-0.2, 0) is 38.1 Å². The van der Waals surface area contributed by atoms with Crippen molar-refractivity contribution >= 4 is 23.9 Å². The summed E-state index contributed by atoms with van der Waals surface area (Å²) in [6.07, 6.45) is 6.16. The fraction of sp³-hybridized carbons (Fsp3) is 0.833. The van der Waals surface area contributed by atoms with Crippen molar-refractivity contribution in [1.82, 2.24) is 21.3 Å². The zero-order chi connectivity index (χ0) is 26.1. The van der Waals surface area contributed by atoms with Crippen LogP contribution in [0.3, 0.4) is 0 Å². The molecule has 0 spiro atoms. The molecule has 0 saturated carbocycles. The predicted molar refractivity (Wildman–Crippen MR) is 132 cm³/mol. The van der Waals surface area contributed by atoms with E-state index in [1.807, 2.05) is 0 Å². The highest BCUT2D eigenvalue weighted by atomic mass is 16.5. The van der Waals surface area contributed by atoms with Crippen LogP contribution in [0, 0.1) is 0 Å². The zero-order valence-corrected chi connectivity index (χ0v) is 21.4. The maximum absolute atomic E-state index is 10.0. The molecule has 12 nitrogen and oxygen atoms in total. The first-order valence-electron chi connectivity index (χ1n) is 13.0. The molecule has 0 atom stereocenters. The standard InChI is InChI=1S/C8H20N4.4C4H6O2/c1-2-10-5-6-12-8-7-11-4-3-9-1;4*5-4-2-1-3-6-4/h9-12H,1-8H2;4*1-3H2. The molecule has 0 aromatic rings. The van der Waals surface area contributed by atoms with Crippen molar-refractivity contribution in [3.8, 4) is 0 Å². The Morgan fingerprint density at radius 1 is 0.361 bits per heavy atom. The predicted octanol–water partition coefficient (Wildman–Crippen LogP) is -0.348. The van der Waals surface area contributed by atoms with Gasteiger partial charge in [-0.25, -0.2) is 0 Å². The van der Waals surface area contributed by atoms with Gasteiger partial charge in [-0.1, -0.05) is 0 Å². The topological polar surface area (TPSA) is 153 Å². The monoisotopic (exact) mass is 516 g/mol. The van der Waals surface area contributed by atoms with Crippen molar-refractivity contribution in [3.63, 3.8) is 0 Å². The molecule has 12 heteroatoms. The van der Waals surface area contributed by atoms with Gasteiger partial charge in [-0.05, 0) is 25.7 Å². The molecular formula is C24H44N4O8. The molecule has 5 saturated heterocycles. The zero-order valence-electron chi connectivity index (χ0n) is 21.4. The molecule has 4 N–H and O–H groups in total. The molecule has 0 unspecified atom stereocenters. The van der Waals surface area contributed by atoms with Crippen LogP contribution in [0.4, 0.5) is 0 Å². The Morgan fingerprint density at radius 2 is 0.556 bits per heavy atom. The Labute approximate surface area is 213 Å². The highest BCUT2D eigenvalue weighted by Gasteiger charge is 2.10. The molecule has 0 radical (unpaired) electrons. The normalized spacial score (nSPS) is 22.0. The first kappa shape index (κ1) is 31.7. The second-order valence-electron chi connectivity index (χ2n) is 8.30. The number of cyclic esters (lactones) is 4. The van der Waals surface area contributed by atoms with Crippen molar-refractivity contribution in [1.29, 1.82) is 0 Å². The Kier molecular flexibility index (Phi) is 20.4. The Morgan fingerprint density at radius 3 is 0.639 bits per heavy atom. The summed E-state index contributed by atoms with van der Waals surface area (Å²) in [5.41, 5.74) is 0. The van der Waals surface area contributed by atoms with Gasteiger partial charge in [-0.3, -0.25) is 19.2 Å². The third-order valence-electron chi connectivity index (χ3n) is 5.07. The van der Waals surface area contributed by atoms with Crippen LogP contribution in [-0.4, -0.2) is 103 Å². The molecule has 36 heavy (non-hydrogen) atoms. The Bertz CT molecular complexity index is 466. The molecule has 5 fully saturated rings. The van der Waals surface area contributed by atoms with Gasteiger partial charge in [0.05, 0.1) is 26.4 Å². The van der Waals surface area contributed by atoms with Crippen LogP contribution < -0.4 is 21.3 Å². The van der Waals surface area contributed by atoms with Crippen LogP contribution in [0.25, 0.3) is 0 Å². The minimum absolute atomic E-state index is 0.0463. The van der Waals surface area contributed by atoms with E-state index in [2.05, 4.69) is 40.2 Å². The number of carbonyl (C=O) groups is 4. The van der Waals surface area contributed by atoms with Gasteiger partial charge in [-0.15, -0.1) is 0 Å². The average molecular weight is 517 g/mol. The summed E-state index contributed by atoms with van der Waals surface area (Å²) < 4.78 is 18.1. The van der Waals surface area contributed by atoms with E-state index in [-0.39, 0.29) is 23.9 Å². The second-order valence-corrected chi connectivity index (χ2v) is 8.30. The van der Waals surface area contributed by atoms with E-state index in [0.29, 0.717) is 52.1 Å². The van der Waals surface area contributed by atoms with Crippen molar-refractivity contribution < 1.29 is 38.1 Å². The first-order chi connectivity index (χ1) is 17.6. The van der Waals surface area contributed by atoms with E-state index in [4.69, 9.17) is 0 Å². The second kappa shape index (κ2) is 23.1.